The van der Waals surface area contributed by atoms with Crippen LogP contribution in [0.25, 0.3) is 0 Å². The summed E-state index contributed by atoms with van der Waals surface area (Å²) in [5.74, 6) is 2.43. The number of benzene rings is 1. The van der Waals surface area contributed by atoms with E-state index >= 15 is 0 Å². The zero-order valence-corrected chi connectivity index (χ0v) is 12.8. The van der Waals surface area contributed by atoms with Crippen molar-refractivity contribution in [2.75, 3.05) is 18.7 Å². The molecule has 1 saturated carbocycles. The zero-order chi connectivity index (χ0) is 15.7. The van der Waals surface area contributed by atoms with Crippen molar-refractivity contribution < 1.29 is 9.47 Å². The average molecular weight is 310 g/mol. The number of rotatable bonds is 5. The molecule has 6 heteroatoms. The minimum absolute atomic E-state index is 0.0247. The van der Waals surface area contributed by atoms with Gasteiger partial charge in [-0.15, -0.1) is 0 Å². The minimum Gasteiger partial charge on any atom is -0.454 e. The summed E-state index contributed by atoms with van der Waals surface area (Å²) in [5.41, 5.74) is 2.32. The van der Waals surface area contributed by atoms with Crippen molar-refractivity contribution in [3.8, 4) is 17.6 Å². The van der Waals surface area contributed by atoms with Crippen molar-refractivity contribution in [2.24, 2.45) is 0 Å². The summed E-state index contributed by atoms with van der Waals surface area (Å²) in [6.45, 7) is 0.903. The van der Waals surface area contributed by atoms with E-state index in [0.29, 0.717) is 19.8 Å². The first-order chi connectivity index (χ1) is 11.3. The van der Waals surface area contributed by atoms with E-state index in [0.717, 1.165) is 35.9 Å². The van der Waals surface area contributed by atoms with Crippen LogP contribution in [0.2, 0.25) is 0 Å². The molecule has 0 radical (unpaired) electrons. The molecule has 118 valence electrons. The molecule has 0 unspecified atom stereocenters. The Hall–Kier alpha value is -2.68. The topological polar surface area (TPSA) is 83.0 Å². The Morgan fingerprint density at radius 2 is 2.13 bits per heavy atom. The van der Waals surface area contributed by atoms with Crippen LogP contribution in [0.15, 0.2) is 24.3 Å². The highest BCUT2D eigenvalue weighted by Gasteiger charge is 2.42. The quantitative estimate of drug-likeness (QED) is 0.830. The van der Waals surface area contributed by atoms with Crippen molar-refractivity contribution >= 4 is 5.82 Å². The Morgan fingerprint density at radius 3 is 2.91 bits per heavy atom. The smallest absolute Gasteiger partial charge is 0.231 e. The van der Waals surface area contributed by atoms with Gasteiger partial charge in [0, 0.05) is 23.7 Å². The monoisotopic (exact) mass is 310 g/mol. The second kappa shape index (κ2) is 5.51. The van der Waals surface area contributed by atoms with E-state index in [4.69, 9.17) is 14.7 Å². The van der Waals surface area contributed by atoms with Gasteiger partial charge in [-0.3, -0.25) is 5.10 Å². The van der Waals surface area contributed by atoms with Gasteiger partial charge in [0.15, 0.2) is 11.5 Å². The van der Waals surface area contributed by atoms with Gasteiger partial charge in [-0.05, 0) is 30.5 Å². The van der Waals surface area contributed by atoms with Crippen LogP contribution < -0.4 is 14.8 Å². The highest BCUT2D eigenvalue weighted by molar-refractivity contribution is 5.51. The molecule has 23 heavy (non-hydrogen) atoms. The number of hydrogen-bond donors (Lipinski definition) is 2. The van der Waals surface area contributed by atoms with E-state index < -0.39 is 0 Å². The van der Waals surface area contributed by atoms with Crippen molar-refractivity contribution in [2.45, 2.75) is 31.1 Å². The van der Waals surface area contributed by atoms with Gasteiger partial charge in [-0.1, -0.05) is 12.5 Å². The summed E-state index contributed by atoms with van der Waals surface area (Å²) < 4.78 is 10.9. The second-order valence-electron chi connectivity index (χ2n) is 6.01. The van der Waals surface area contributed by atoms with E-state index in [1.54, 1.807) is 0 Å². The Morgan fingerprint density at radius 1 is 1.26 bits per heavy atom. The molecule has 2 aliphatic rings. The maximum Gasteiger partial charge on any atom is 0.231 e. The van der Waals surface area contributed by atoms with Gasteiger partial charge in [0.1, 0.15) is 5.82 Å². The maximum absolute atomic E-state index is 8.61. The molecule has 2 aromatic rings. The third-order valence-corrected chi connectivity index (χ3v) is 4.77. The summed E-state index contributed by atoms with van der Waals surface area (Å²) in [6.07, 6.45) is 3.85. The van der Waals surface area contributed by atoms with Crippen molar-refractivity contribution in [3.63, 3.8) is 0 Å². The predicted molar refractivity (Wildman–Crippen MR) is 84.5 cm³/mol. The standard InChI is InChI=1S/C17H18N4O2/c18-7-2-8-19-16-10-15(20-21-16)17(5-1-6-17)12-3-4-13-14(9-12)23-11-22-13/h3-4,9-10H,1-2,5-6,8,11H2,(H2,19,20,21). The predicted octanol–water partition coefficient (Wildman–Crippen LogP) is 2.93. The van der Waals surface area contributed by atoms with Gasteiger partial charge in [-0.2, -0.15) is 10.4 Å². The summed E-state index contributed by atoms with van der Waals surface area (Å²) in [5, 5.41) is 19.3. The number of anilines is 1. The molecule has 0 spiro atoms. The Labute approximate surface area is 134 Å². The molecule has 2 N–H and O–H groups in total. The number of nitrogens with zero attached hydrogens (tertiary/aromatic N) is 2. The van der Waals surface area contributed by atoms with Crippen LogP contribution in [0.3, 0.4) is 0 Å². The fourth-order valence-corrected chi connectivity index (χ4v) is 3.34. The van der Waals surface area contributed by atoms with Crippen LogP contribution in [0.5, 0.6) is 11.5 Å². The molecule has 1 aliphatic heterocycles. The van der Waals surface area contributed by atoms with Crippen LogP contribution in [0.4, 0.5) is 5.82 Å². The van der Waals surface area contributed by atoms with Gasteiger partial charge >= 0.3 is 0 Å². The summed E-state index contributed by atoms with van der Waals surface area (Å²) in [7, 11) is 0. The summed E-state index contributed by atoms with van der Waals surface area (Å²) >= 11 is 0. The lowest BCUT2D eigenvalue weighted by Gasteiger charge is -2.41. The van der Waals surface area contributed by atoms with Gasteiger partial charge in [-0.25, -0.2) is 0 Å². The van der Waals surface area contributed by atoms with E-state index in [9.17, 15) is 0 Å². The Bertz CT molecular complexity index is 758. The number of aromatic nitrogens is 2. The molecule has 6 nitrogen and oxygen atoms in total. The number of aromatic amines is 1. The van der Waals surface area contributed by atoms with E-state index in [1.807, 2.05) is 6.07 Å². The Kier molecular flexibility index (Phi) is 3.34. The first-order valence-corrected chi connectivity index (χ1v) is 7.89. The molecule has 1 aliphatic carbocycles. The SMILES string of the molecule is N#CCCNc1cc(C2(c3ccc4c(c3)OCO4)CCC2)[nH]n1. The summed E-state index contributed by atoms with van der Waals surface area (Å²) in [6, 6.07) is 10.4. The molecule has 0 bridgehead atoms. The molecular weight excluding hydrogens is 292 g/mol. The van der Waals surface area contributed by atoms with E-state index in [-0.39, 0.29) is 5.41 Å². The van der Waals surface area contributed by atoms with Gasteiger partial charge in [0.05, 0.1) is 12.5 Å². The van der Waals surface area contributed by atoms with Crippen LogP contribution in [-0.4, -0.2) is 23.5 Å². The maximum atomic E-state index is 8.61. The highest BCUT2D eigenvalue weighted by Crippen LogP contribution is 2.50. The third kappa shape index (κ3) is 2.29. The van der Waals surface area contributed by atoms with E-state index in [1.165, 1.54) is 12.0 Å². The number of ether oxygens (including phenoxy) is 2. The lowest BCUT2D eigenvalue weighted by atomic mass is 9.62. The van der Waals surface area contributed by atoms with E-state index in [2.05, 4.69) is 39.8 Å². The van der Waals surface area contributed by atoms with Gasteiger partial charge in [0.2, 0.25) is 6.79 Å². The largest absolute Gasteiger partial charge is 0.454 e. The minimum atomic E-state index is -0.0247. The molecule has 0 atom stereocenters. The van der Waals surface area contributed by atoms with Crippen molar-refractivity contribution in [3.05, 3.63) is 35.5 Å². The number of fused-ring (bicyclic) bond motifs is 1. The molecule has 4 rings (SSSR count). The number of nitrogens with one attached hydrogen (secondary N) is 2. The molecule has 2 heterocycles. The number of H-pyrrole nitrogens is 1. The highest BCUT2D eigenvalue weighted by atomic mass is 16.7. The Balaban J connectivity index is 1.61. The first kappa shape index (κ1) is 13.9. The normalized spacial score (nSPS) is 17.3. The molecule has 0 saturated heterocycles. The van der Waals surface area contributed by atoms with Gasteiger partial charge in [0.25, 0.3) is 0 Å². The number of hydrogen-bond acceptors (Lipinski definition) is 5. The molecule has 1 aromatic carbocycles. The fraction of sp³-hybridized carbons (Fsp3) is 0.412. The summed E-state index contributed by atoms with van der Waals surface area (Å²) in [4.78, 5) is 0. The van der Waals surface area contributed by atoms with Crippen LogP contribution in [0, 0.1) is 11.3 Å². The second-order valence-corrected chi connectivity index (χ2v) is 6.01. The molecule has 0 amide bonds. The lowest BCUT2D eigenvalue weighted by molar-refractivity contribution is 0.173. The molecular formula is C17H18N4O2. The van der Waals surface area contributed by atoms with Crippen molar-refractivity contribution in [1.29, 1.82) is 5.26 Å². The first-order valence-electron chi connectivity index (χ1n) is 7.89. The van der Waals surface area contributed by atoms with Crippen LogP contribution in [0.1, 0.15) is 36.9 Å². The lowest BCUT2D eigenvalue weighted by Crippen LogP contribution is -2.35. The fourth-order valence-electron chi connectivity index (χ4n) is 3.34. The number of nitriles is 1. The third-order valence-electron chi connectivity index (χ3n) is 4.77. The molecule has 1 fully saturated rings. The van der Waals surface area contributed by atoms with Crippen LogP contribution in [-0.2, 0) is 5.41 Å². The molecule has 1 aromatic heterocycles. The zero-order valence-electron chi connectivity index (χ0n) is 12.8. The van der Waals surface area contributed by atoms with Crippen LogP contribution >= 0.6 is 0 Å². The van der Waals surface area contributed by atoms with Gasteiger partial charge < -0.3 is 14.8 Å². The average Bonchev–Trinajstić information content (AvgIpc) is 3.15. The van der Waals surface area contributed by atoms with Crippen molar-refractivity contribution in [1.82, 2.24) is 10.2 Å².